The first-order chi connectivity index (χ1) is 21.6. The predicted octanol–water partition coefficient (Wildman–Crippen LogP) is 11.7. The van der Waals surface area contributed by atoms with Crippen molar-refractivity contribution in [3.63, 3.8) is 0 Å². The van der Waals surface area contributed by atoms with Crippen LogP contribution in [0.25, 0.3) is 22.3 Å². The highest BCUT2D eigenvalue weighted by Crippen LogP contribution is 2.41. The van der Waals surface area contributed by atoms with Crippen LogP contribution in [-0.2, 0) is 6.11 Å². The minimum Gasteiger partial charge on any atom is -0.429 e. The van der Waals surface area contributed by atoms with Crippen LogP contribution in [0.1, 0.15) is 56.1 Å². The zero-order chi connectivity index (χ0) is 32.1. The summed E-state index contributed by atoms with van der Waals surface area (Å²) >= 11 is 4.57. The van der Waals surface area contributed by atoms with Crippen LogP contribution in [0.15, 0.2) is 89.9 Å². The quantitative estimate of drug-likeness (QED) is 0.0788. The fourth-order valence-corrected chi connectivity index (χ4v) is 5.86. The largest absolute Gasteiger partial charge is 0.432 e. The number of rotatable bonds is 9. The van der Waals surface area contributed by atoms with Crippen LogP contribution in [0.3, 0.4) is 0 Å². The number of ether oxygens (including phenoxy) is 1. The molecule has 0 bridgehead atoms. The normalized spacial score (nSPS) is 16.9. The van der Waals surface area contributed by atoms with Gasteiger partial charge in [0.15, 0.2) is 0 Å². The van der Waals surface area contributed by atoms with Crippen LogP contribution < -0.4 is 4.74 Å². The summed E-state index contributed by atoms with van der Waals surface area (Å²) in [5.41, 5.74) is 0.206. The van der Waals surface area contributed by atoms with Gasteiger partial charge in [-0.1, -0.05) is 43.3 Å². The zero-order valence-corrected chi connectivity index (χ0v) is 25.1. The van der Waals surface area contributed by atoms with Gasteiger partial charge in [-0.05, 0) is 115 Å². The predicted molar refractivity (Wildman–Crippen MR) is 167 cm³/mol. The molecule has 0 atom stereocenters. The molecule has 0 radical (unpaired) electrons. The van der Waals surface area contributed by atoms with Gasteiger partial charge in [0.2, 0.25) is 0 Å². The Morgan fingerprint density at radius 1 is 0.800 bits per heavy atom. The molecular formula is C36H29F6NOS. The van der Waals surface area contributed by atoms with Crippen LogP contribution in [0.4, 0.5) is 32.0 Å². The van der Waals surface area contributed by atoms with Crippen LogP contribution in [0, 0.1) is 29.2 Å². The van der Waals surface area contributed by atoms with Crippen molar-refractivity contribution >= 4 is 23.1 Å². The van der Waals surface area contributed by atoms with Gasteiger partial charge < -0.3 is 4.74 Å². The molecule has 1 aliphatic rings. The molecule has 1 aliphatic carbocycles. The molecule has 0 heterocycles. The summed E-state index contributed by atoms with van der Waals surface area (Å²) in [7, 11) is 0. The number of aliphatic imine (C=N–C) groups is 1. The number of allylic oxidation sites excluding steroid dienone is 2. The van der Waals surface area contributed by atoms with Crippen molar-refractivity contribution in [2.24, 2.45) is 10.9 Å². The van der Waals surface area contributed by atoms with Crippen molar-refractivity contribution in [1.82, 2.24) is 0 Å². The lowest BCUT2D eigenvalue weighted by molar-refractivity contribution is -0.189. The molecule has 0 saturated heterocycles. The fourth-order valence-electron chi connectivity index (χ4n) is 5.76. The van der Waals surface area contributed by atoms with Gasteiger partial charge in [-0.2, -0.15) is 13.8 Å². The summed E-state index contributed by atoms with van der Waals surface area (Å²) in [4.78, 5) is 3.85. The number of hydrogen-bond acceptors (Lipinski definition) is 3. The molecule has 0 aromatic heterocycles. The molecular weight excluding hydrogens is 608 g/mol. The van der Waals surface area contributed by atoms with E-state index in [-0.39, 0.29) is 22.6 Å². The third-order valence-corrected chi connectivity index (χ3v) is 8.15. The van der Waals surface area contributed by atoms with Crippen molar-refractivity contribution < 1.29 is 31.1 Å². The minimum absolute atomic E-state index is 0.0802. The molecule has 0 spiro atoms. The third-order valence-electron chi connectivity index (χ3n) is 8.06. The van der Waals surface area contributed by atoms with E-state index in [1.807, 2.05) is 6.92 Å². The number of thiocarbonyl (C=S) groups is 1. The van der Waals surface area contributed by atoms with Gasteiger partial charge in [-0.3, -0.25) is 0 Å². The van der Waals surface area contributed by atoms with E-state index in [0.717, 1.165) is 49.6 Å². The van der Waals surface area contributed by atoms with Crippen molar-refractivity contribution in [2.45, 2.75) is 51.1 Å². The first-order valence-corrected chi connectivity index (χ1v) is 15.0. The van der Waals surface area contributed by atoms with Crippen molar-refractivity contribution in [3.05, 3.63) is 119 Å². The SMILES string of the molecule is CCC=CC1CCC(c2cc(F)c(C(F)(F)Oc3ccc(-c4ccc(-c5ccc(N=C=S)cc5)c(F)c4)c(F)c3)c(F)c2)CC1. The first-order valence-electron chi connectivity index (χ1n) is 14.6. The van der Waals surface area contributed by atoms with Crippen molar-refractivity contribution in [1.29, 1.82) is 0 Å². The Kier molecular flexibility index (Phi) is 9.90. The topological polar surface area (TPSA) is 21.6 Å². The Labute approximate surface area is 263 Å². The lowest BCUT2D eigenvalue weighted by Gasteiger charge is -2.28. The van der Waals surface area contributed by atoms with Crippen LogP contribution in [-0.4, -0.2) is 5.16 Å². The second-order valence-electron chi connectivity index (χ2n) is 11.0. The Bertz CT molecular complexity index is 1730. The van der Waals surface area contributed by atoms with E-state index in [9.17, 15) is 8.78 Å². The van der Waals surface area contributed by atoms with E-state index < -0.39 is 40.7 Å². The second-order valence-corrected chi connectivity index (χ2v) is 11.2. The zero-order valence-electron chi connectivity index (χ0n) is 24.3. The third kappa shape index (κ3) is 7.38. The van der Waals surface area contributed by atoms with E-state index in [0.29, 0.717) is 41.6 Å². The number of nitrogens with zero attached hydrogens (tertiary/aromatic N) is 1. The lowest BCUT2D eigenvalue weighted by Crippen LogP contribution is -2.25. The number of halogens is 6. The number of isothiocyanates is 1. The molecule has 45 heavy (non-hydrogen) atoms. The summed E-state index contributed by atoms with van der Waals surface area (Å²) in [6.45, 7) is 2.05. The Morgan fingerprint density at radius 2 is 1.40 bits per heavy atom. The Hall–Kier alpha value is -4.20. The monoisotopic (exact) mass is 637 g/mol. The Balaban J connectivity index is 1.31. The van der Waals surface area contributed by atoms with Gasteiger partial charge in [-0.15, -0.1) is 0 Å². The molecule has 2 nitrogen and oxygen atoms in total. The molecule has 5 rings (SSSR count). The molecule has 1 saturated carbocycles. The van der Waals surface area contributed by atoms with Crippen LogP contribution >= 0.6 is 12.2 Å². The Morgan fingerprint density at radius 3 is 2.00 bits per heavy atom. The van der Waals surface area contributed by atoms with Gasteiger partial charge in [0, 0.05) is 17.2 Å². The molecule has 4 aromatic rings. The lowest BCUT2D eigenvalue weighted by atomic mass is 9.78. The highest BCUT2D eigenvalue weighted by atomic mass is 32.1. The van der Waals surface area contributed by atoms with E-state index in [1.54, 1.807) is 24.3 Å². The van der Waals surface area contributed by atoms with Crippen molar-refractivity contribution in [2.75, 3.05) is 0 Å². The molecule has 0 amide bonds. The second kappa shape index (κ2) is 13.8. The van der Waals surface area contributed by atoms with Gasteiger partial charge in [0.05, 0.1) is 10.8 Å². The molecule has 4 aromatic carbocycles. The maximum Gasteiger partial charge on any atom is 0.432 e. The van der Waals surface area contributed by atoms with Gasteiger partial charge >= 0.3 is 6.11 Å². The van der Waals surface area contributed by atoms with Gasteiger partial charge in [0.25, 0.3) is 0 Å². The summed E-state index contributed by atoms with van der Waals surface area (Å²) in [5.74, 6) is -4.88. The summed E-state index contributed by atoms with van der Waals surface area (Å²) < 4.78 is 94.9. The van der Waals surface area contributed by atoms with Crippen molar-refractivity contribution in [3.8, 4) is 28.0 Å². The average molecular weight is 638 g/mol. The maximum absolute atomic E-state index is 15.1. The number of benzene rings is 4. The van der Waals surface area contributed by atoms with E-state index in [4.69, 9.17) is 0 Å². The number of hydrogen-bond donors (Lipinski definition) is 0. The minimum atomic E-state index is -4.43. The van der Waals surface area contributed by atoms with E-state index in [1.165, 1.54) is 12.1 Å². The number of alkyl halides is 2. The maximum atomic E-state index is 15.1. The highest BCUT2D eigenvalue weighted by molar-refractivity contribution is 7.78. The van der Waals surface area contributed by atoms with Crippen LogP contribution in [0.5, 0.6) is 5.75 Å². The van der Waals surface area contributed by atoms with E-state index >= 15 is 17.6 Å². The fraction of sp³-hybridized carbons (Fsp3) is 0.250. The van der Waals surface area contributed by atoms with Crippen LogP contribution in [0.2, 0.25) is 0 Å². The summed E-state index contributed by atoms with van der Waals surface area (Å²) in [6.07, 6.45) is 3.84. The van der Waals surface area contributed by atoms with E-state index in [2.05, 4.69) is 39.3 Å². The van der Waals surface area contributed by atoms with Gasteiger partial charge in [-0.25, -0.2) is 17.6 Å². The summed E-state index contributed by atoms with van der Waals surface area (Å²) in [6, 6.07) is 15.3. The molecule has 9 heteroatoms. The molecule has 232 valence electrons. The molecule has 1 fully saturated rings. The van der Waals surface area contributed by atoms with Gasteiger partial charge in [0.1, 0.15) is 34.6 Å². The highest BCUT2D eigenvalue weighted by Gasteiger charge is 2.41. The smallest absolute Gasteiger partial charge is 0.429 e. The molecule has 0 unspecified atom stereocenters. The molecule has 0 aliphatic heterocycles. The summed E-state index contributed by atoms with van der Waals surface area (Å²) in [5, 5.41) is 2.25. The molecule has 0 N–H and O–H groups in total. The first kappa shape index (κ1) is 32.2. The average Bonchev–Trinajstić information content (AvgIpc) is 3.00. The standard InChI is InChI=1S/C36H29F6NOS/c1-2-3-4-22-5-7-23(8-6-22)26-18-33(39)35(34(40)19-26)36(41,42)44-28-14-16-30(32(38)20-28)25-11-15-29(31(37)17-25)24-9-12-27(13-10-24)43-21-45/h3-4,9-20,22-23H,2,5-8H2,1H3.